The van der Waals surface area contributed by atoms with Gasteiger partial charge in [-0.25, -0.2) is 4.79 Å². The average molecular weight is 362 g/mol. The zero-order chi connectivity index (χ0) is 17.8. The molecule has 1 fully saturated rings. The summed E-state index contributed by atoms with van der Waals surface area (Å²) < 4.78 is 5.85. The van der Waals surface area contributed by atoms with Gasteiger partial charge in [0.1, 0.15) is 11.3 Å². The van der Waals surface area contributed by atoms with Gasteiger partial charge >= 0.3 is 5.97 Å². The Hall–Kier alpha value is -2.08. The van der Waals surface area contributed by atoms with E-state index in [1.165, 1.54) is 12.1 Å². The summed E-state index contributed by atoms with van der Waals surface area (Å²) >= 11 is 6.22. The second-order valence-corrected chi connectivity index (χ2v) is 6.59. The monoisotopic (exact) mass is 361 g/mol. The number of hydrogen-bond acceptors (Lipinski definition) is 4. The van der Waals surface area contributed by atoms with Crippen LogP contribution in [-0.4, -0.2) is 46.9 Å². The maximum absolute atomic E-state index is 11.1. The van der Waals surface area contributed by atoms with E-state index < -0.39 is 5.97 Å². The lowest BCUT2D eigenvalue weighted by molar-refractivity contribution is -0.0305. The average Bonchev–Trinajstić information content (AvgIpc) is 2.59. The maximum Gasteiger partial charge on any atom is 0.339 e. The summed E-state index contributed by atoms with van der Waals surface area (Å²) in [6.45, 7) is 2.76. The van der Waals surface area contributed by atoms with E-state index in [-0.39, 0.29) is 17.4 Å². The van der Waals surface area contributed by atoms with E-state index in [1.807, 2.05) is 24.3 Å². The number of aromatic carboxylic acids is 1. The van der Waals surface area contributed by atoms with Gasteiger partial charge in [0.25, 0.3) is 0 Å². The highest BCUT2D eigenvalue weighted by atomic mass is 35.5. The Balaban J connectivity index is 1.65. The molecule has 0 bridgehead atoms. The van der Waals surface area contributed by atoms with Gasteiger partial charge in [-0.2, -0.15) is 0 Å². The summed E-state index contributed by atoms with van der Waals surface area (Å²) in [5, 5.41) is 19.5. The molecule has 25 heavy (non-hydrogen) atoms. The maximum atomic E-state index is 11.1. The van der Waals surface area contributed by atoms with Crippen LogP contribution in [0.15, 0.2) is 42.5 Å². The van der Waals surface area contributed by atoms with Crippen LogP contribution in [0, 0.1) is 0 Å². The van der Waals surface area contributed by atoms with Crippen LogP contribution in [-0.2, 0) is 17.7 Å². The van der Waals surface area contributed by atoms with Gasteiger partial charge in [-0.05, 0) is 29.3 Å². The zero-order valence-electron chi connectivity index (χ0n) is 13.7. The van der Waals surface area contributed by atoms with Crippen LogP contribution in [0.5, 0.6) is 5.75 Å². The molecule has 2 aromatic carbocycles. The standard InChI is InChI=1S/C19H20ClNO4/c20-17-4-2-1-3-14(17)10-15-12-21(7-8-25-15)11-13-5-6-18(22)16(9-13)19(23)24/h1-6,9,15,22H,7-8,10-12H2,(H,23,24). The van der Waals surface area contributed by atoms with E-state index in [4.69, 9.17) is 21.4 Å². The molecule has 1 heterocycles. The number of morpholine rings is 1. The number of benzene rings is 2. The first kappa shape index (κ1) is 17.7. The van der Waals surface area contributed by atoms with E-state index in [1.54, 1.807) is 6.07 Å². The van der Waals surface area contributed by atoms with Gasteiger partial charge in [0.15, 0.2) is 0 Å². The molecule has 5 nitrogen and oxygen atoms in total. The molecule has 2 N–H and O–H groups in total. The molecule has 0 aliphatic carbocycles. The molecular weight excluding hydrogens is 342 g/mol. The van der Waals surface area contributed by atoms with E-state index in [9.17, 15) is 9.90 Å². The molecular formula is C19H20ClNO4. The molecule has 1 saturated heterocycles. The van der Waals surface area contributed by atoms with E-state index >= 15 is 0 Å². The van der Waals surface area contributed by atoms with Crippen molar-refractivity contribution in [3.63, 3.8) is 0 Å². The summed E-state index contributed by atoms with van der Waals surface area (Å²) in [6.07, 6.45) is 0.788. The molecule has 1 unspecified atom stereocenters. The number of phenols is 1. The minimum Gasteiger partial charge on any atom is -0.507 e. The first-order valence-electron chi connectivity index (χ1n) is 8.15. The number of carbonyl (C=O) groups is 1. The second kappa shape index (κ2) is 7.87. The van der Waals surface area contributed by atoms with Crippen LogP contribution >= 0.6 is 11.6 Å². The Morgan fingerprint density at radius 1 is 1.28 bits per heavy atom. The van der Waals surface area contributed by atoms with Crippen molar-refractivity contribution in [2.45, 2.75) is 19.1 Å². The van der Waals surface area contributed by atoms with Crippen LogP contribution in [0.4, 0.5) is 0 Å². The number of hydrogen-bond donors (Lipinski definition) is 2. The van der Waals surface area contributed by atoms with E-state index in [2.05, 4.69) is 4.90 Å². The molecule has 132 valence electrons. The van der Waals surface area contributed by atoms with Gasteiger partial charge in [-0.3, -0.25) is 4.90 Å². The molecule has 0 saturated carbocycles. The van der Waals surface area contributed by atoms with Crippen molar-refractivity contribution in [2.24, 2.45) is 0 Å². The quantitative estimate of drug-likeness (QED) is 0.855. The van der Waals surface area contributed by atoms with Crippen molar-refractivity contribution in [1.29, 1.82) is 0 Å². The third-order valence-corrected chi connectivity index (χ3v) is 4.69. The van der Waals surface area contributed by atoms with Crippen molar-refractivity contribution in [3.8, 4) is 5.75 Å². The lowest BCUT2D eigenvalue weighted by atomic mass is 10.1. The Morgan fingerprint density at radius 3 is 2.84 bits per heavy atom. The van der Waals surface area contributed by atoms with Gasteiger partial charge in [0.2, 0.25) is 0 Å². The fraction of sp³-hybridized carbons (Fsp3) is 0.316. The number of ether oxygens (including phenoxy) is 1. The first-order chi connectivity index (χ1) is 12.0. The highest BCUT2D eigenvalue weighted by Crippen LogP contribution is 2.22. The molecule has 1 aliphatic rings. The molecule has 0 aromatic heterocycles. The Bertz CT molecular complexity index is 765. The van der Waals surface area contributed by atoms with Gasteiger partial charge in [0, 0.05) is 31.1 Å². The number of carboxylic acid groups (broad SMARTS) is 1. The normalized spacial score (nSPS) is 18.2. The molecule has 1 atom stereocenters. The van der Waals surface area contributed by atoms with Crippen LogP contribution in [0.25, 0.3) is 0 Å². The molecule has 3 rings (SSSR count). The third-order valence-electron chi connectivity index (χ3n) is 4.33. The second-order valence-electron chi connectivity index (χ2n) is 6.18. The van der Waals surface area contributed by atoms with Crippen molar-refractivity contribution in [3.05, 3.63) is 64.2 Å². The summed E-state index contributed by atoms with van der Waals surface area (Å²) in [6, 6.07) is 12.5. The fourth-order valence-corrected chi connectivity index (χ4v) is 3.28. The SMILES string of the molecule is O=C(O)c1cc(CN2CCOC(Cc3ccccc3Cl)C2)ccc1O. The topological polar surface area (TPSA) is 70.0 Å². The Labute approximate surface area is 151 Å². The van der Waals surface area contributed by atoms with Gasteiger partial charge in [-0.15, -0.1) is 0 Å². The Kier molecular flexibility index (Phi) is 5.58. The summed E-state index contributed by atoms with van der Waals surface area (Å²) in [5.74, 6) is -1.34. The highest BCUT2D eigenvalue weighted by molar-refractivity contribution is 6.31. The van der Waals surface area contributed by atoms with Crippen LogP contribution in [0.2, 0.25) is 5.02 Å². The summed E-state index contributed by atoms with van der Waals surface area (Å²) in [5.41, 5.74) is 1.85. The van der Waals surface area contributed by atoms with Crippen LogP contribution in [0.3, 0.4) is 0 Å². The molecule has 0 radical (unpaired) electrons. The number of carboxylic acids is 1. The molecule has 6 heteroatoms. The molecule has 0 amide bonds. The molecule has 1 aliphatic heterocycles. The molecule has 0 spiro atoms. The third kappa shape index (κ3) is 4.51. The fourth-order valence-electron chi connectivity index (χ4n) is 3.07. The Morgan fingerprint density at radius 2 is 2.08 bits per heavy atom. The predicted octanol–water partition coefficient (Wildman–Crippen LogP) is 3.19. The lowest BCUT2D eigenvalue weighted by Gasteiger charge is -2.33. The summed E-state index contributed by atoms with van der Waals surface area (Å²) in [4.78, 5) is 13.4. The number of rotatable bonds is 5. The minimum absolute atomic E-state index is 0.0460. The van der Waals surface area contributed by atoms with Crippen molar-refractivity contribution in [1.82, 2.24) is 4.90 Å². The largest absolute Gasteiger partial charge is 0.507 e. The number of nitrogens with zero attached hydrogens (tertiary/aromatic N) is 1. The zero-order valence-corrected chi connectivity index (χ0v) is 14.4. The number of halogens is 1. The summed E-state index contributed by atoms with van der Waals surface area (Å²) in [7, 11) is 0. The van der Waals surface area contributed by atoms with E-state index in [0.29, 0.717) is 13.2 Å². The highest BCUT2D eigenvalue weighted by Gasteiger charge is 2.22. The predicted molar refractivity (Wildman–Crippen MR) is 95.2 cm³/mol. The van der Waals surface area contributed by atoms with Gasteiger partial charge in [0.05, 0.1) is 12.7 Å². The van der Waals surface area contributed by atoms with Gasteiger partial charge in [-0.1, -0.05) is 35.9 Å². The minimum atomic E-state index is -1.13. The van der Waals surface area contributed by atoms with E-state index in [0.717, 1.165) is 35.7 Å². The van der Waals surface area contributed by atoms with Crippen molar-refractivity contribution in [2.75, 3.05) is 19.7 Å². The van der Waals surface area contributed by atoms with Gasteiger partial charge < -0.3 is 14.9 Å². The lowest BCUT2D eigenvalue weighted by Crippen LogP contribution is -2.42. The first-order valence-corrected chi connectivity index (χ1v) is 8.53. The molecule has 2 aromatic rings. The van der Waals surface area contributed by atoms with Crippen LogP contribution in [0.1, 0.15) is 21.5 Å². The smallest absolute Gasteiger partial charge is 0.339 e. The van der Waals surface area contributed by atoms with Crippen molar-refractivity contribution < 1.29 is 19.7 Å². The number of aromatic hydroxyl groups is 1. The van der Waals surface area contributed by atoms with Crippen LogP contribution < -0.4 is 0 Å². The van der Waals surface area contributed by atoms with Crippen molar-refractivity contribution >= 4 is 17.6 Å².